The van der Waals surface area contributed by atoms with Crippen molar-refractivity contribution in [2.75, 3.05) is 0 Å². The summed E-state index contributed by atoms with van der Waals surface area (Å²) in [6, 6.07) is 12.9. The highest BCUT2D eigenvalue weighted by molar-refractivity contribution is 7.89. The SMILES string of the molecule is CCCn1c(=O)[nH]c2cc(-c3noc([C@@H](NS(=O)(=O)c4ccccc4)C(C)C)n3)ccc21. The molecular formula is C22H25N5O4S. The lowest BCUT2D eigenvalue weighted by atomic mass is 10.1. The van der Waals surface area contributed by atoms with Crippen LogP contribution in [0.5, 0.6) is 0 Å². The van der Waals surface area contributed by atoms with Crippen LogP contribution in [0.2, 0.25) is 0 Å². The van der Waals surface area contributed by atoms with Gasteiger partial charge in [0.25, 0.3) is 0 Å². The summed E-state index contributed by atoms with van der Waals surface area (Å²) < 4.78 is 35.4. The van der Waals surface area contributed by atoms with E-state index in [-0.39, 0.29) is 22.4 Å². The van der Waals surface area contributed by atoms with Crippen molar-refractivity contribution in [2.45, 2.75) is 44.7 Å². The topological polar surface area (TPSA) is 123 Å². The molecular weight excluding hydrogens is 430 g/mol. The zero-order valence-electron chi connectivity index (χ0n) is 18.1. The Morgan fingerprint density at radius 2 is 1.91 bits per heavy atom. The van der Waals surface area contributed by atoms with Crippen molar-refractivity contribution in [3.8, 4) is 11.4 Å². The molecule has 0 amide bonds. The van der Waals surface area contributed by atoms with Gasteiger partial charge in [-0.2, -0.15) is 9.71 Å². The van der Waals surface area contributed by atoms with E-state index in [9.17, 15) is 13.2 Å². The molecule has 2 N–H and O–H groups in total. The Morgan fingerprint density at radius 1 is 1.16 bits per heavy atom. The quantitative estimate of drug-likeness (QED) is 0.419. The van der Waals surface area contributed by atoms with E-state index in [1.807, 2.05) is 32.9 Å². The lowest BCUT2D eigenvalue weighted by molar-refractivity contribution is 0.311. The summed E-state index contributed by atoms with van der Waals surface area (Å²) in [4.78, 5) is 19.6. The average Bonchev–Trinajstić information content (AvgIpc) is 3.37. The minimum absolute atomic E-state index is 0.135. The van der Waals surface area contributed by atoms with Crippen molar-refractivity contribution in [1.82, 2.24) is 24.4 Å². The molecule has 0 aliphatic heterocycles. The van der Waals surface area contributed by atoms with Crippen LogP contribution in [0, 0.1) is 5.92 Å². The molecule has 0 saturated heterocycles. The molecule has 0 saturated carbocycles. The van der Waals surface area contributed by atoms with Crippen molar-refractivity contribution in [3.05, 3.63) is 64.9 Å². The second-order valence-electron chi connectivity index (χ2n) is 7.93. The summed E-state index contributed by atoms with van der Waals surface area (Å²) in [6.45, 7) is 6.38. The molecule has 4 rings (SSSR count). The molecule has 4 aromatic rings. The van der Waals surface area contributed by atoms with E-state index in [4.69, 9.17) is 4.52 Å². The third-order valence-electron chi connectivity index (χ3n) is 5.19. The highest BCUT2D eigenvalue weighted by Gasteiger charge is 2.28. The van der Waals surface area contributed by atoms with Crippen LogP contribution < -0.4 is 10.4 Å². The van der Waals surface area contributed by atoms with Gasteiger partial charge in [0.2, 0.25) is 21.7 Å². The Labute approximate surface area is 185 Å². The first-order chi connectivity index (χ1) is 15.3. The molecule has 2 aromatic carbocycles. The predicted octanol–water partition coefficient (Wildman–Crippen LogP) is 3.47. The van der Waals surface area contributed by atoms with Crippen molar-refractivity contribution in [3.63, 3.8) is 0 Å². The van der Waals surface area contributed by atoms with E-state index in [1.54, 1.807) is 28.8 Å². The van der Waals surface area contributed by atoms with Gasteiger partial charge < -0.3 is 9.51 Å². The van der Waals surface area contributed by atoms with E-state index in [0.29, 0.717) is 23.4 Å². The number of H-pyrrole nitrogens is 1. The zero-order chi connectivity index (χ0) is 22.9. The van der Waals surface area contributed by atoms with Gasteiger partial charge in [-0.3, -0.25) is 4.57 Å². The van der Waals surface area contributed by atoms with Crippen LogP contribution in [0.1, 0.15) is 39.1 Å². The molecule has 0 fully saturated rings. The van der Waals surface area contributed by atoms with Crippen molar-refractivity contribution >= 4 is 21.1 Å². The molecule has 9 nitrogen and oxygen atoms in total. The number of fused-ring (bicyclic) bond motifs is 1. The van der Waals surface area contributed by atoms with E-state index in [0.717, 1.165) is 11.9 Å². The second-order valence-corrected chi connectivity index (χ2v) is 9.64. The molecule has 0 radical (unpaired) electrons. The van der Waals surface area contributed by atoms with Crippen molar-refractivity contribution < 1.29 is 12.9 Å². The van der Waals surface area contributed by atoms with Crippen LogP contribution in [-0.2, 0) is 16.6 Å². The highest BCUT2D eigenvalue weighted by atomic mass is 32.2. The van der Waals surface area contributed by atoms with Gasteiger partial charge in [0, 0.05) is 12.1 Å². The highest BCUT2D eigenvalue weighted by Crippen LogP contribution is 2.27. The summed E-state index contributed by atoms with van der Waals surface area (Å²) in [6.07, 6.45) is 0.846. The van der Waals surface area contributed by atoms with Gasteiger partial charge in [-0.15, -0.1) is 0 Å². The van der Waals surface area contributed by atoms with Crippen LogP contribution in [0.25, 0.3) is 22.4 Å². The normalized spacial score (nSPS) is 13.1. The standard InChI is InChI=1S/C22H25N5O4S/c1-4-12-27-18-11-10-15(13-17(18)23-22(27)28)20-24-21(31-25-20)19(14(2)3)26-32(29,30)16-8-6-5-7-9-16/h5-11,13-14,19,26H,4,12H2,1-3H3,(H,23,28)/t19-/m0/s1. The fourth-order valence-electron chi connectivity index (χ4n) is 3.53. The molecule has 0 bridgehead atoms. The zero-order valence-corrected chi connectivity index (χ0v) is 18.9. The number of hydrogen-bond acceptors (Lipinski definition) is 6. The first-order valence-electron chi connectivity index (χ1n) is 10.4. The fraction of sp³-hybridized carbons (Fsp3) is 0.318. The van der Waals surface area contributed by atoms with Gasteiger partial charge in [-0.1, -0.05) is 44.1 Å². The minimum Gasteiger partial charge on any atom is -0.337 e. The van der Waals surface area contributed by atoms with Crippen molar-refractivity contribution in [2.24, 2.45) is 5.92 Å². The van der Waals surface area contributed by atoms with Gasteiger partial charge in [0.1, 0.15) is 6.04 Å². The number of hydrogen-bond donors (Lipinski definition) is 2. The molecule has 2 heterocycles. The number of aromatic amines is 1. The number of nitrogens with one attached hydrogen (secondary N) is 2. The number of aromatic nitrogens is 4. The number of sulfonamides is 1. The third-order valence-corrected chi connectivity index (χ3v) is 6.65. The molecule has 0 aliphatic rings. The summed E-state index contributed by atoms with van der Waals surface area (Å²) in [5.41, 5.74) is 1.98. The smallest absolute Gasteiger partial charge is 0.326 e. The number of aryl methyl sites for hydroxylation is 1. The Hall–Kier alpha value is -3.24. The lowest BCUT2D eigenvalue weighted by Gasteiger charge is -2.18. The van der Waals surface area contributed by atoms with E-state index in [2.05, 4.69) is 19.8 Å². The van der Waals surface area contributed by atoms with Crippen LogP contribution in [0.3, 0.4) is 0 Å². The van der Waals surface area contributed by atoms with E-state index in [1.165, 1.54) is 12.1 Å². The van der Waals surface area contributed by atoms with Gasteiger partial charge in [-0.05, 0) is 42.7 Å². The molecule has 32 heavy (non-hydrogen) atoms. The summed E-state index contributed by atoms with van der Waals surface area (Å²) >= 11 is 0. The largest absolute Gasteiger partial charge is 0.337 e. The maximum absolute atomic E-state index is 12.8. The Balaban J connectivity index is 1.65. The van der Waals surface area contributed by atoms with Crippen molar-refractivity contribution in [1.29, 1.82) is 0 Å². The monoisotopic (exact) mass is 455 g/mol. The third kappa shape index (κ3) is 4.23. The number of benzene rings is 2. The van der Waals surface area contributed by atoms with Gasteiger partial charge in [0.05, 0.1) is 15.9 Å². The predicted molar refractivity (Wildman–Crippen MR) is 120 cm³/mol. The number of rotatable bonds is 8. The molecule has 1 atom stereocenters. The van der Waals surface area contributed by atoms with Gasteiger partial charge >= 0.3 is 5.69 Å². The van der Waals surface area contributed by atoms with E-state index >= 15 is 0 Å². The van der Waals surface area contributed by atoms with Crippen LogP contribution in [0.15, 0.2) is 62.7 Å². The molecule has 10 heteroatoms. The maximum atomic E-state index is 12.8. The van der Waals surface area contributed by atoms with Crippen LogP contribution >= 0.6 is 0 Å². The fourth-order valence-corrected chi connectivity index (χ4v) is 4.89. The summed E-state index contributed by atoms with van der Waals surface area (Å²) in [7, 11) is -3.76. The average molecular weight is 456 g/mol. The molecule has 0 spiro atoms. The minimum atomic E-state index is -3.76. The molecule has 0 aliphatic carbocycles. The molecule has 168 valence electrons. The first kappa shape index (κ1) is 22.0. The first-order valence-corrected chi connectivity index (χ1v) is 11.9. The van der Waals surface area contributed by atoms with Gasteiger partial charge in [0.15, 0.2) is 0 Å². The Morgan fingerprint density at radius 3 is 2.59 bits per heavy atom. The summed E-state index contributed by atoms with van der Waals surface area (Å²) in [5.74, 6) is 0.353. The molecule has 2 aromatic heterocycles. The number of imidazole rings is 1. The number of nitrogens with zero attached hydrogens (tertiary/aromatic N) is 3. The van der Waals surface area contributed by atoms with Crippen LogP contribution in [0.4, 0.5) is 0 Å². The Kier molecular flexibility index (Phi) is 5.98. The van der Waals surface area contributed by atoms with Crippen LogP contribution in [-0.4, -0.2) is 28.1 Å². The Bertz CT molecular complexity index is 1390. The van der Waals surface area contributed by atoms with Gasteiger partial charge in [-0.25, -0.2) is 13.2 Å². The molecule has 0 unspecified atom stereocenters. The second kappa shape index (κ2) is 8.71. The maximum Gasteiger partial charge on any atom is 0.326 e. The lowest BCUT2D eigenvalue weighted by Crippen LogP contribution is -2.32. The summed E-state index contributed by atoms with van der Waals surface area (Å²) in [5, 5.41) is 4.05. The van der Waals surface area contributed by atoms with E-state index < -0.39 is 16.1 Å².